The van der Waals surface area contributed by atoms with Crippen molar-refractivity contribution in [2.45, 2.75) is 39.2 Å². The first kappa shape index (κ1) is 14.0. The van der Waals surface area contributed by atoms with Crippen molar-refractivity contribution in [2.75, 3.05) is 5.32 Å². The Balaban J connectivity index is 2.64. The number of carbonyl (C=O) groups is 1. The van der Waals surface area contributed by atoms with Gasteiger partial charge < -0.3 is 11.1 Å². The molecule has 1 unspecified atom stereocenters. The standard InChI is InChI=1S/C13H19ClN2O/c1-3-4-7-11(15)13(17)16-12-8-5-6-10(14)9(12)2/h5-6,8,11H,3-4,7,15H2,1-2H3,(H,16,17). The average molecular weight is 255 g/mol. The molecule has 17 heavy (non-hydrogen) atoms. The van der Waals surface area contributed by atoms with E-state index in [1.165, 1.54) is 0 Å². The highest BCUT2D eigenvalue weighted by Crippen LogP contribution is 2.23. The van der Waals surface area contributed by atoms with Crippen molar-refractivity contribution in [3.8, 4) is 0 Å². The van der Waals surface area contributed by atoms with Gasteiger partial charge in [0.1, 0.15) is 0 Å². The quantitative estimate of drug-likeness (QED) is 0.848. The minimum Gasteiger partial charge on any atom is -0.324 e. The van der Waals surface area contributed by atoms with Crippen molar-refractivity contribution in [3.05, 3.63) is 28.8 Å². The highest BCUT2D eigenvalue weighted by Gasteiger charge is 2.14. The van der Waals surface area contributed by atoms with Crippen LogP contribution in [0.5, 0.6) is 0 Å². The minimum atomic E-state index is -0.451. The van der Waals surface area contributed by atoms with Crippen molar-refractivity contribution in [1.29, 1.82) is 0 Å². The molecule has 0 aliphatic heterocycles. The first-order chi connectivity index (χ1) is 8.06. The zero-order valence-electron chi connectivity index (χ0n) is 10.3. The Kier molecular flexibility index (Phi) is 5.45. The van der Waals surface area contributed by atoms with E-state index in [1.54, 1.807) is 6.07 Å². The van der Waals surface area contributed by atoms with E-state index in [4.69, 9.17) is 17.3 Å². The summed E-state index contributed by atoms with van der Waals surface area (Å²) in [6.07, 6.45) is 2.71. The number of hydrogen-bond donors (Lipinski definition) is 2. The van der Waals surface area contributed by atoms with E-state index in [-0.39, 0.29) is 5.91 Å². The summed E-state index contributed by atoms with van der Waals surface area (Å²) in [4.78, 5) is 11.8. The predicted octanol–water partition coefficient (Wildman–Crippen LogP) is 3.10. The van der Waals surface area contributed by atoms with Gasteiger partial charge in [0.05, 0.1) is 6.04 Å². The molecule has 1 aromatic rings. The fraction of sp³-hybridized carbons (Fsp3) is 0.462. The van der Waals surface area contributed by atoms with Crippen LogP contribution in [-0.4, -0.2) is 11.9 Å². The lowest BCUT2D eigenvalue weighted by atomic mass is 10.1. The lowest BCUT2D eigenvalue weighted by molar-refractivity contribution is -0.117. The van der Waals surface area contributed by atoms with E-state index in [0.29, 0.717) is 11.4 Å². The SMILES string of the molecule is CCCCC(N)C(=O)Nc1cccc(Cl)c1C. The van der Waals surface area contributed by atoms with Crippen LogP contribution in [-0.2, 0) is 4.79 Å². The molecule has 1 aromatic carbocycles. The Morgan fingerprint density at radius 3 is 2.88 bits per heavy atom. The smallest absolute Gasteiger partial charge is 0.241 e. The van der Waals surface area contributed by atoms with Crippen molar-refractivity contribution in [1.82, 2.24) is 0 Å². The fourth-order valence-corrected chi connectivity index (χ4v) is 1.70. The summed E-state index contributed by atoms with van der Waals surface area (Å²) in [6, 6.07) is 4.98. The first-order valence-electron chi connectivity index (χ1n) is 5.87. The Morgan fingerprint density at radius 2 is 2.24 bits per heavy atom. The van der Waals surface area contributed by atoms with Gasteiger partial charge in [-0.1, -0.05) is 37.4 Å². The summed E-state index contributed by atoms with van der Waals surface area (Å²) in [6.45, 7) is 3.95. The minimum absolute atomic E-state index is 0.149. The van der Waals surface area contributed by atoms with Gasteiger partial charge in [0.2, 0.25) is 5.91 Å². The van der Waals surface area contributed by atoms with Crippen LogP contribution in [0.4, 0.5) is 5.69 Å². The average Bonchev–Trinajstić information content (AvgIpc) is 2.31. The molecule has 94 valence electrons. The molecule has 0 aliphatic carbocycles. The molecule has 3 nitrogen and oxygen atoms in total. The largest absolute Gasteiger partial charge is 0.324 e. The highest BCUT2D eigenvalue weighted by atomic mass is 35.5. The van der Waals surface area contributed by atoms with Crippen LogP contribution in [0.15, 0.2) is 18.2 Å². The highest BCUT2D eigenvalue weighted by molar-refractivity contribution is 6.31. The van der Waals surface area contributed by atoms with Crippen LogP contribution >= 0.6 is 11.6 Å². The summed E-state index contributed by atoms with van der Waals surface area (Å²) < 4.78 is 0. The molecule has 0 bridgehead atoms. The molecule has 4 heteroatoms. The number of nitrogens with two attached hydrogens (primary N) is 1. The predicted molar refractivity (Wildman–Crippen MR) is 72.3 cm³/mol. The van der Waals surface area contributed by atoms with Gasteiger partial charge in [-0.2, -0.15) is 0 Å². The number of anilines is 1. The molecule has 0 aromatic heterocycles. The molecule has 0 fully saturated rings. The zero-order valence-corrected chi connectivity index (χ0v) is 11.1. The zero-order chi connectivity index (χ0) is 12.8. The van der Waals surface area contributed by atoms with Gasteiger partial charge in [-0.25, -0.2) is 0 Å². The van der Waals surface area contributed by atoms with Gasteiger partial charge in [0, 0.05) is 10.7 Å². The van der Waals surface area contributed by atoms with E-state index in [2.05, 4.69) is 12.2 Å². The summed E-state index contributed by atoms with van der Waals surface area (Å²) in [5.74, 6) is -0.149. The van der Waals surface area contributed by atoms with Gasteiger partial charge in [-0.3, -0.25) is 4.79 Å². The molecule has 0 saturated carbocycles. The number of rotatable bonds is 5. The number of benzene rings is 1. The maximum absolute atomic E-state index is 11.8. The lowest BCUT2D eigenvalue weighted by Gasteiger charge is -2.13. The maximum Gasteiger partial charge on any atom is 0.241 e. The number of unbranched alkanes of at least 4 members (excludes halogenated alkanes) is 1. The molecule has 1 atom stereocenters. The van der Waals surface area contributed by atoms with Gasteiger partial charge in [-0.05, 0) is 31.0 Å². The van der Waals surface area contributed by atoms with Gasteiger partial charge in [0.15, 0.2) is 0 Å². The normalized spacial score (nSPS) is 12.2. The maximum atomic E-state index is 11.8. The summed E-state index contributed by atoms with van der Waals surface area (Å²) >= 11 is 5.98. The number of halogens is 1. The molecule has 0 radical (unpaired) electrons. The van der Waals surface area contributed by atoms with Crippen molar-refractivity contribution in [3.63, 3.8) is 0 Å². The molecule has 0 saturated heterocycles. The number of nitrogens with one attached hydrogen (secondary N) is 1. The Hall–Kier alpha value is -1.06. The van der Waals surface area contributed by atoms with E-state index < -0.39 is 6.04 Å². The Labute approximate surface area is 107 Å². The van der Waals surface area contributed by atoms with Crippen LogP contribution in [0.25, 0.3) is 0 Å². The van der Waals surface area contributed by atoms with E-state index in [1.807, 2.05) is 19.1 Å². The summed E-state index contributed by atoms with van der Waals surface area (Å²) in [5.41, 5.74) is 7.39. The number of hydrogen-bond acceptors (Lipinski definition) is 2. The third-order valence-corrected chi connectivity index (χ3v) is 3.14. The van der Waals surface area contributed by atoms with Crippen LogP contribution in [0, 0.1) is 6.92 Å². The van der Waals surface area contributed by atoms with Crippen molar-refractivity contribution < 1.29 is 4.79 Å². The van der Waals surface area contributed by atoms with Crippen molar-refractivity contribution in [2.24, 2.45) is 5.73 Å². The number of amides is 1. The van der Waals surface area contributed by atoms with Gasteiger partial charge in [-0.15, -0.1) is 0 Å². The molecule has 1 rings (SSSR count). The van der Waals surface area contributed by atoms with Crippen molar-refractivity contribution >= 4 is 23.2 Å². The lowest BCUT2D eigenvalue weighted by Crippen LogP contribution is -2.35. The fourth-order valence-electron chi connectivity index (χ4n) is 1.52. The van der Waals surface area contributed by atoms with Gasteiger partial charge >= 0.3 is 0 Å². The molecule has 1 amide bonds. The number of carbonyl (C=O) groups excluding carboxylic acids is 1. The molecule has 3 N–H and O–H groups in total. The molecule has 0 heterocycles. The second-order valence-electron chi connectivity index (χ2n) is 4.15. The van der Waals surface area contributed by atoms with Crippen LogP contribution in [0.2, 0.25) is 5.02 Å². The Morgan fingerprint density at radius 1 is 1.53 bits per heavy atom. The second-order valence-corrected chi connectivity index (χ2v) is 4.56. The summed E-state index contributed by atoms with van der Waals surface area (Å²) in [5, 5.41) is 3.45. The second kappa shape index (κ2) is 6.62. The summed E-state index contributed by atoms with van der Waals surface area (Å²) in [7, 11) is 0. The topological polar surface area (TPSA) is 55.1 Å². The van der Waals surface area contributed by atoms with Crippen LogP contribution in [0.3, 0.4) is 0 Å². The molecule has 0 spiro atoms. The van der Waals surface area contributed by atoms with E-state index in [0.717, 1.165) is 24.1 Å². The van der Waals surface area contributed by atoms with E-state index in [9.17, 15) is 4.79 Å². The van der Waals surface area contributed by atoms with E-state index >= 15 is 0 Å². The van der Waals surface area contributed by atoms with Gasteiger partial charge in [0.25, 0.3) is 0 Å². The van der Waals surface area contributed by atoms with Crippen LogP contribution in [0.1, 0.15) is 31.7 Å². The first-order valence-corrected chi connectivity index (χ1v) is 6.25. The molecular weight excluding hydrogens is 236 g/mol. The molecular formula is C13H19ClN2O. The Bertz CT molecular complexity index is 393. The van der Waals surface area contributed by atoms with Crippen LogP contribution < -0.4 is 11.1 Å². The molecule has 0 aliphatic rings. The monoisotopic (exact) mass is 254 g/mol. The third-order valence-electron chi connectivity index (χ3n) is 2.73. The third kappa shape index (κ3) is 4.02.